The van der Waals surface area contributed by atoms with Crippen molar-refractivity contribution in [2.75, 3.05) is 6.54 Å². The van der Waals surface area contributed by atoms with E-state index in [2.05, 4.69) is 5.32 Å². The minimum atomic E-state index is 0.0551. The molecule has 4 nitrogen and oxygen atoms in total. The number of amides is 1. The van der Waals surface area contributed by atoms with Gasteiger partial charge in [-0.1, -0.05) is 0 Å². The van der Waals surface area contributed by atoms with Gasteiger partial charge in [0.15, 0.2) is 0 Å². The average molecular weight is 210 g/mol. The van der Waals surface area contributed by atoms with Gasteiger partial charge in [0.1, 0.15) is 5.76 Å². The molecule has 1 rings (SSSR count). The average Bonchev–Trinajstić information content (AvgIpc) is 2.67. The quantitative estimate of drug-likeness (QED) is 0.737. The molecule has 1 aromatic rings. The highest BCUT2D eigenvalue weighted by atomic mass is 16.3. The van der Waals surface area contributed by atoms with Gasteiger partial charge < -0.3 is 15.5 Å². The lowest BCUT2D eigenvalue weighted by atomic mass is 10.2. The Morgan fingerprint density at radius 1 is 1.67 bits per heavy atom. The fourth-order valence-corrected chi connectivity index (χ4v) is 1.39. The molecule has 84 valence electrons. The van der Waals surface area contributed by atoms with Crippen LogP contribution in [-0.2, 0) is 11.2 Å². The van der Waals surface area contributed by atoms with Gasteiger partial charge in [-0.05, 0) is 32.0 Å². The monoisotopic (exact) mass is 210 g/mol. The molecule has 0 aliphatic rings. The van der Waals surface area contributed by atoms with Crippen molar-refractivity contribution in [2.45, 2.75) is 32.2 Å². The summed E-state index contributed by atoms with van der Waals surface area (Å²) in [5.74, 6) is 0.945. The summed E-state index contributed by atoms with van der Waals surface area (Å²) >= 11 is 0. The maximum Gasteiger partial charge on any atom is 0.220 e. The molecule has 15 heavy (non-hydrogen) atoms. The number of carbonyl (C=O) groups is 1. The van der Waals surface area contributed by atoms with Gasteiger partial charge in [-0.2, -0.15) is 0 Å². The number of hydrogen-bond donors (Lipinski definition) is 2. The highest BCUT2D eigenvalue weighted by Crippen LogP contribution is 2.03. The summed E-state index contributed by atoms with van der Waals surface area (Å²) in [6, 6.07) is 3.85. The van der Waals surface area contributed by atoms with E-state index < -0.39 is 0 Å². The van der Waals surface area contributed by atoms with E-state index in [1.54, 1.807) is 6.26 Å². The molecule has 0 saturated heterocycles. The van der Waals surface area contributed by atoms with E-state index in [0.29, 0.717) is 13.0 Å². The van der Waals surface area contributed by atoms with Crippen LogP contribution in [0.2, 0.25) is 0 Å². The van der Waals surface area contributed by atoms with Gasteiger partial charge in [0.2, 0.25) is 5.91 Å². The molecule has 0 aliphatic carbocycles. The molecule has 0 radical (unpaired) electrons. The maximum absolute atomic E-state index is 11.3. The first-order valence-corrected chi connectivity index (χ1v) is 5.24. The summed E-state index contributed by atoms with van der Waals surface area (Å²) in [6.07, 6.45) is 3.60. The van der Waals surface area contributed by atoms with Crippen molar-refractivity contribution >= 4 is 5.91 Å². The summed E-state index contributed by atoms with van der Waals surface area (Å²) < 4.78 is 5.20. The maximum atomic E-state index is 11.3. The Kier molecular flexibility index (Phi) is 4.90. The van der Waals surface area contributed by atoms with E-state index >= 15 is 0 Å². The predicted molar refractivity (Wildman–Crippen MR) is 58.3 cm³/mol. The van der Waals surface area contributed by atoms with Crippen LogP contribution < -0.4 is 11.1 Å². The zero-order chi connectivity index (χ0) is 11.1. The highest BCUT2D eigenvalue weighted by molar-refractivity contribution is 5.76. The van der Waals surface area contributed by atoms with Gasteiger partial charge in [-0.3, -0.25) is 4.79 Å². The van der Waals surface area contributed by atoms with Crippen molar-refractivity contribution < 1.29 is 9.21 Å². The number of nitrogens with one attached hydrogen (secondary N) is 1. The number of carbonyl (C=O) groups excluding carboxylic acids is 1. The van der Waals surface area contributed by atoms with Crippen LogP contribution in [0.4, 0.5) is 0 Å². The number of hydrogen-bond acceptors (Lipinski definition) is 3. The molecule has 0 bridgehead atoms. The summed E-state index contributed by atoms with van der Waals surface area (Å²) in [4.78, 5) is 11.3. The molecular formula is C11H18N2O2. The number of rotatable bonds is 6. The van der Waals surface area contributed by atoms with Crippen LogP contribution in [-0.4, -0.2) is 18.5 Å². The van der Waals surface area contributed by atoms with Gasteiger partial charge in [-0.25, -0.2) is 0 Å². The molecule has 1 unspecified atom stereocenters. The molecular weight excluding hydrogens is 192 g/mol. The van der Waals surface area contributed by atoms with Gasteiger partial charge in [0.25, 0.3) is 0 Å². The SMILES string of the molecule is CC(Cc1ccco1)NC(=O)CCCN. The normalized spacial score (nSPS) is 12.4. The number of furan rings is 1. The van der Waals surface area contributed by atoms with Crippen LogP contribution in [0.5, 0.6) is 0 Å². The van der Waals surface area contributed by atoms with Crippen LogP contribution in [0.3, 0.4) is 0 Å². The van der Waals surface area contributed by atoms with Crippen LogP contribution in [0, 0.1) is 0 Å². The minimum Gasteiger partial charge on any atom is -0.469 e. The van der Waals surface area contributed by atoms with Crippen molar-refractivity contribution in [3.8, 4) is 0 Å². The van der Waals surface area contributed by atoms with Crippen LogP contribution in [0.1, 0.15) is 25.5 Å². The molecule has 4 heteroatoms. The largest absolute Gasteiger partial charge is 0.469 e. The lowest BCUT2D eigenvalue weighted by molar-refractivity contribution is -0.121. The Morgan fingerprint density at radius 3 is 3.07 bits per heavy atom. The molecule has 1 aromatic heterocycles. The molecule has 1 heterocycles. The Morgan fingerprint density at radius 2 is 2.47 bits per heavy atom. The van der Waals surface area contributed by atoms with Crippen LogP contribution in [0.25, 0.3) is 0 Å². The fourth-order valence-electron chi connectivity index (χ4n) is 1.39. The van der Waals surface area contributed by atoms with Gasteiger partial charge in [0.05, 0.1) is 6.26 Å². The molecule has 0 saturated carbocycles. The topological polar surface area (TPSA) is 68.3 Å². The first kappa shape index (κ1) is 11.8. The van der Waals surface area contributed by atoms with Crippen molar-refractivity contribution in [2.24, 2.45) is 5.73 Å². The van der Waals surface area contributed by atoms with Crippen LogP contribution in [0.15, 0.2) is 22.8 Å². The summed E-state index contributed by atoms with van der Waals surface area (Å²) in [5, 5.41) is 2.90. The Labute approximate surface area is 89.8 Å². The van der Waals surface area contributed by atoms with E-state index in [9.17, 15) is 4.79 Å². The van der Waals surface area contributed by atoms with E-state index in [1.807, 2.05) is 19.1 Å². The van der Waals surface area contributed by atoms with Gasteiger partial charge in [0, 0.05) is 18.9 Å². The van der Waals surface area contributed by atoms with E-state index in [0.717, 1.165) is 18.6 Å². The van der Waals surface area contributed by atoms with Crippen molar-refractivity contribution in [1.29, 1.82) is 0 Å². The third kappa shape index (κ3) is 4.65. The second kappa shape index (κ2) is 6.24. The first-order valence-electron chi connectivity index (χ1n) is 5.24. The lowest BCUT2D eigenvalue weighted by Crippen LogP contribution is -2.34. The smallest absolute Gasteiger partial charge is 0.220 e. The zero-order valence-corrected chi connectivity index (χ0v) is 9.03. The molecule has 1 atom stereocenters. The van der Waals surface area contributed by atoms with Crippen molar-refractivity contribution in [1.82, 2.24) is 5.32 Å². The van der Waals surface area contributed by atoms with Crippen molar-refractivity contribution in [3.63, 3.8) is 0 Å². The highest BCUT2D eigenvalue weighted by Gasteiger charge is 2.08. The Bertz CT molecular complexity index is 283. The first-order chi connectivity index (χ1) is 7.22. The van der Waals surface area contributed by atoms with Crippen molar-refractivity contribution in [3.05, 3.63) is 24.2 Å². The lowest BCUT2D eigenvalue weighted by Gasteiger charge is -2.12. The van der Waals surface area contributed by atoms with Gasteiger partial charge >= 0.3 is 0 Å². The summed E-state index contributed by atoms with van der Waals surface area (Å²) in [6.45, 7) is 2.52. The second-order valence-corrected chi connectivity index (χ2v) is 3.64. The summed E-state index contributed by atoms with van der Waals surface area (Å²) in [5.41, 5.74) is 5.32. The fraction of sp³-hybridized carbons (Fsp3) is 0.545. The molecule has 0 spiro atoms. The minimum absolute atomic E-state index is 0.0551. The number of nitrogens with two attached hydrogens (primary N) is 1. The molecule has 0 aromatic carbocycles. The molecule has 1 amide bonds. The van der Waals surface area contributed by atoms with Crippen LogP contribution >= 0.6 is 0 Å². The molecule has 3 N–H and O–H groups in total. The third-order valence-electron chi connectivity index (χ3n) is 2.10. The standard InChI is InChI=1S/C11H18N2O2/c1-9(8-10-4-3-7-15-10)13-11(14)5-2-6-12/h3-4,7,9H,2,5-6,8,12H2,1H3,(H,13,14). The zero-order valence-electron chi connectivity index (χ0n) is 9.03. The Hall–Kier alpha value is -1.29. The van der Waals surface area contributed by atoms with E-state index in [1.165, 1.54) is 0 Å². The summed E-state index contributed by atoms with van der Waals surface area (Å²) in [7, 11) is 0. The van der Waals surface area contributed by atoms with E-state index in [-0.39, 0.29) is 11.9 Å². The molecule has 0 fully saturated rings. The van der Waals surface area contributed by atoms with E-state index in [4.69, 9.17) is 10.2 Å². The predicted octanol–water partition coefficient (Wildman–Crippen LogP) is 1.07. The Balaban J connectivity index is 2.23. The second-order valence-electron chi connectivity index (χ2n) is 3.64. The third-order valence-corrected chi connectivity index (χ3v) is 2.10. The van der Waals surface area contributed by atoms with Gasteiger partial charge in [-0.15, -0.1) is 0 Å². The molecule has 0 aliphatic heterocycles.